The number of carbonyl (C=O) groups is 1. The van der Waals surface area contributed by atoms with E-state index >= 15 is 0 Å². The molecule has 0 aromatic carbocycles. The third kappa shape index (κ3) is 2.73. The van der Waals surface area contributed by atoms with Crippen molar-refractivity contribution in [1.82, 2.24) is 24.5 Å². The molecular weight excluding hydrogens is 251 g/mol. The van der Waals surface area contributed by atoms with E-state index in [1.165, 1.54) is 4.68 Å². The average molecular weight is 259 g/mol. The van der Waals surface area contributed by atoms with E-state index in [0.29, 0.717) is 13.1 Å². The molecule has 0 aliphatic rings. The summed E-state index contributed by atoms with van der Waals surface area (Å²) in [5.74, 6) is -1.99. The number of aromatic nitrogens is 5. The molecule has 0 bridgehead atoms. The Morgan fingerprint density at radius 1 is 1.33 bits per heavy atom. The number of alkyl halides is 3. The molecule has 2 aromatic heterocycles. The van der Waals surface area contributed by atoms with Crippen LogP contribution < -0.4 is 0 Å². The molecule has 0 saturated heterocycles. The van der Waals surface area contributed by atoms with Gasteiger partial charge in [0.15, 0.2) is 5.69 Å². The predicted molar refractivity (Wildman–Crippen MR) is 52.6 cm³/mol. The molecule has 0 radical (unpaired) electrons. The fourth-order valence-electron chi connectivity index (χ4n) is 1.29. The molecular formula is C9H8F3N5O. The summed E-state index contributed by atoms with van der Waals surface area (Å²) in [7, 11) is 0. The van der Waals surface area contributed by atoms with Gasteiger partial charge in [-0.2, -0.15) is 13.2 Å². The number of halogens is 3. The van der Waals surface area contributed by atoms with Crippen molar-refractivity contribution in [2.24, 2.45) is 0 Å². The molecule has 0 spiro atoms. The lowest BCUT2D eigenvalue weighted by Crippen LogP contribution is -2.23. The van der Waals surface area contributed by atoms with Gasteiger partial charge in [-0.15, -0.1) is 5.10 Å². The van der Waals surface area contributed by atoms with Crippen LogP contribution in [-0.4, -0.2) is 36.5 Å². The molecule has 0 N–H and O–H groups in total. The van der Waals surface area contributed by atoms with Crippen LogP contribution in [0.15, 0.2) is 24.9 Å². The molecule has 0 amide bonds. The summed E-state index contributed by atoms with van der Waals surface area (Å²) < 4.78 is 39.3. The molecule has 2 heterocycles. The van der Waals surface area contributed by atoms with Gasteiger partial charge in [-0.1, -0.05) is 5.21 Å². The van der Waals surface area contributed by atoms with E-state index in [1.807, 2.05) is 0 Å². The maximum absolute atomic E-state index is 12.1. The highest BCUT2D eigenvalue weighted by Crippen LogP contribution is 2.19. The smallest absolute Gasteiger partial charge is 0.336 e. The maximum atomic E-state index is 12.1. The first-order chi connectivity index (χ1) is 8.47. The van der Waals surface area contributed by atoms with Crippen molar-refractivity contribution in [3.63, 3.8) is 0 Å². The molecule has 0 aliphatic carbocycles. The Kier molecular flexibility index (Phi) is 3.13. The van der Waals surface area contributed by atoms with Crippen molar-refractivity contribution in [3.05, 3.63) is 30.6 Å². The Balaban J connectivity index is 2.00. The Bertz CT molecular complexity index is 531. The largest absolute Gasteiger partial charge is 0.456 e. The van der Waals surface area contributed by atoms with Crippen molar-refractivity contribution in [3.8, 4) is 0 Å². The van der Waals surface area contributed by atoms with E-state index < -0.39 is 17.7 Å². The number of nitrogens with zero attached hydrogens (tertiary/aromatic N) is 5. The lowest BCUT2D eigenvalue weighted by Gasteiger charge is -2.01. The second-order valence-corrected chi connectivity index (χ2v) is 3.49. The minimum Gasteiger partial charge on any atom is -0.336 e. The summed E-state index contributed by atoms with van der Waals surface area (Å²) in [5, 5.41) is 6.66. The summed E-state index contributed by atoms with van der Waals surface area (Å²) in [6.07, 6.45) is 0.912. The Morgan fingerprint density at radius 2 is 2.11 bits per heavy atom. The Labute approximate surface area is 99.0 Å². The average Bonchev–Trinajstić information content (AvgIpc) is 2.95. The van der Waals surface area contributed by atoms with Crippen molar-refractivity contribution >= 4 is 5.78 Å². The second kappa shape index (κ2) is 4.59. The second-order valence-electron chi connectivity index (χ2n) is 3.49. The number of imidazole rings is 1. The van der Waals surface area contributed by atoms with Crippen molar-refractivity contribution in [2.75, 3.05) is 0 Å². The van der Waals surface area contributed by atoms with Crippen LogP contribution in [0.5, 0.6) is 0 Å². The zero-order valence-corrected chi connectivity index (χ0v) is 9.00. The van der Waals surface area contributed by atoms with E-state index in [0.717, 1.165) is 6.20 Å². The molecule has 0 fully saturated rings. The standard InChI is InChI=1S/C9H8F3N5O/c10-9(11,12)8(18)7-5-17(15-14-7)4-3-16-2-1-13-6-16/h1-2,5-6H,3-4H2. The molecule has 18 heavy (non-hydrogen) atoms. The summed E-state index contributed by atoms with van der Waals surface area (Å²) in [4.78, 5) is 14.7. The lowest BCUT2D eigenvalue weighted by molar-refractivity contribution is -0.0888. The van der Waals surface area contributed by atoms with Gasteiger partial charge in [0.05, 0.1) is 19.1 Å². The topological polar surface area (TPSA) is 65.6 Å². The third-order valence-corrected chi connectivity index (χ3v) is 2.18. The Hall–Kier alpha value is -2.19. The van der Waals surface area contributed by atoms with Gasteiger partial charge < -0.3 is 4.57 Å². The number of Topliss-reactive ketones (excluding diaryl/α,β-unsaturated/α-hetero) is 1. The normalized spacial score (nSPS) is 11.7. The number of hydrogen-bond acceptors (Lipinski definition) is 4. The van der Waals surface area contributed by atoms with Crippen LogP contribution in [0.3, 0.4) is 0 Å². The quantitative estimate of drug-likeness (QED) is 0.766. The van der Waals surface area contributed by atoms with E-state index in [9.17, 15) is 18.0 Å². The lowest BCUT2D eigenvalue weighted by atomic mass is 10.3. The van der Waals surface area contributed by atoms with Crippen LogP contribution in [0.25, 0.3) is 0 Å². The number of carbonyl (C=O) groups excluding carboxylic acids is 1. The first-order valence-corrected chi connectivity index (χ1v) is 4.94. The Morgan fingerprint density at radius 3 is 2.72 bits per heavy atom. The SMILES string of the molecule is O=C(c1cn(CCn2ccnc2)nn1)C(F)(F)F. The monoisotopic (exact) mass is 259 g/mol. The molecule has 2 rings (SSSR count). The van der Waals surface area contributed by atoms with Crippen LogP contribution >= 0.6 is 0 Å². The van der Waals surface area contributed by atoms with Gasteiger partial charge in [0, 0.05) is 18.9 Å². The fraction of sp³-hybridized carbons (Fsp3) is 0.333. The van der Waals surface area contributed by atoms with Crippen LogP contribution in [0, 0.1) is 0 Å². The summed E-state index contributed by atoms with van der Waals surface area (Å²) in [6, 6.07) is 0. The summed E-state index contributed by atoms with van der Waals surface area (Å²) in [6.45, 7) is 0.775. The van der Waals surface area contributed by atoms with E-state index in [4.69, 9.17) is 0 Å². The molecule has 9 heteroatoms. The maximum Gasteiger partial charge on any atom is 0.456 e. The van der Waals surface area contributed by atoms with Gasteiger partial charge in [-0.25, -0.2) is 9.67 Å². The minimum absolute atomic E-state index is 0.300. The first kappa shape index (κ1) is 12.3. The highest BCUT2D eigenvalue weighted by atomic mass is 19.4. The highest BCUT2D eigenvalue weighted by Gasteiger charge is 2.41. The number of hydrogen-bond donors (Lipinski definition) is 0. The van der Waals surface area contributed by atoms with Gasteiger partial charge in [0.1, 0.15) is 0 Å². The van der Waals surface area contributed by atoms with Gasteiger partial charge in [0.2, 0.25) is 0 Å². The summed E-state index contributed by atoms with van der Waals surface area (Å²) >= 11 is 0. The van der Waals surface area contributed by atoms with Crippen molar-refractivity contribution < 1.29 is 18.0 Å². The molecule has 0 unspecified atom stereocenters. The number of aryl methyl sites for hydroxylation is 2. The molecule has 0 atom stereocenters. The van der Waals surface area contributed by atoms with Crippen molar-refractivity contribution in [2.45, 2.75) is 19.3 Å². The zero-order chi connectivity index (χ0) is 13.2. The highest BCUT2D eigenvalue weighted by molar-refractivity contribution is 5.98. The van der Waals surface area contributed by atoms with Crippen LogP contribution in [0.1, 0.15) is 10.5 Å². The predicted octanol–water partition coefficient (Wildman–Crippen LogP) is 0.920. The van der Waals surface area contributed by atoms with E-state index in [1.54, 1.807) is 23.3 Å². The molecule has 2 aromatic rings. The van der Waals surface area contributed by atoms with E-state index in [2.05, 4.69) is 15.3 Å². The fourth-order valence-corrected chi connectivity index (χ4v) is 1.29. The van der Waals surface area contributed by atoms with Crippen LogP contribution in [0.4, 0.5) is 13.2 Å². The van der Waals surface area contributed by atoms with Gasteiger partial charge in [0.25, 0.3) is 5.78 Å². The van der Waals surface area contributed by atoms with Gasteiger partial charge in [-0.05, 0) is 0 Å². The van der Waals surface area contributed by atoms with Gasteiger partial charge >= 0.3 is 6.18 Å². The van der Waals surface area contributed by atoms with Crippen molar-refractivity contribution in [1.29, 1.82) is 0 Å². The molecule has 96 valence electrons. The first-order valence-electron chi connectivity index (χ1n) is 4.94. The van der Waals surface area contributed by atoms with Crippen LogP contribution in [-0.2, 0) is 13.1 Å². The minimum atomic E-state index is -4.93. The zero-order valence-electron chi connectivity index (χ0n) is 9.00. The molecule has 0 saturated carbocycles. The van der Waals surface area contributed by atoms with Gasteiger partial charge in [-0.3, -0.25) is 4.79 Å². The van der Waals surface area contributed by atoms with Crippen LogP contribution in [0.2, 0.25) is 0 Å². The summed E-state index contributed by atoms with van der Waals surface area (Å²) in [5.41, 5.74) is -0.701. The van der Waals surface area contributed by atoms with E-state index in [-0.39, 0.29) is 0 Å². The number of rotatable bonds is 4. The number of ketones is 1. The third-order valence-electron chi connectivity index (χ3n) is 2.18. The molecule has 0 aliphatic heterocycles. The molecule has 6 nitrogen and oxygen atoms in total.